The van der Waals surface area contributed by atoms with E-state index in [1.54, 1.807) is 19.1 Å². The summed E-state index contributed by atoms with van der Waals surface area (Å²) >= 11 is 0. The molecule has 1 atom stereocenters. The third-order valence-electron chi connectivity index (χ3n) is 3.10. The summed E-state index contributed by atoms with van der Waals surface area (Å²) in [5, 5.41) is 2.69. The maximum absolute atomic E-state index is 12.9. The van der Waals surface area contributed by atoms with Crippen molar-refractivity contribution >= 4 is 5.91 Å². The molecule has 2 aromatic rings. The van der Waals surface area contributed by atoms with Crippen LogP contribution in [0.3, 0.4) is 0 Å². The maximum atomic E-state index is 12.9. The van der Waals surface area contributed by atoms with E-state index in [-0.39, 0.29) is 23.3 Å². The summed E-state index contributed by atoms with van der Waals surface area (Å²) in [5.74, 6) is -1.06. The summed E-state index contributed by atoms with van der Waals surface area (Å²) in [5.41, 5.74) is 0.881. The minimum atomic E-state index is -4.46. The van der Waals surface area contributed by atoms with Crippen molar-refractivity contribution < 1.29 is 27.1 Å². The third kappa shape index (κ3) is 5.22. The molecule has 2 rings (SSSR count). The van der Waals surface area contributed by atoms with Crippen molar-refractivity contribution in [3.05, 3.63) is 59.5 Å². The lowest BCUT2D eigenvalue weighted by Gasteiger charge is -2.14. The Balaban J connectivity index is 1.96. The highest BCUT2D eigenvalue weighted by molar-refractivity contribution is 5.94. The number of rotatable bonds is 5. The van der Waals surface area contributed by atoms with Gasteiger partial charge in [-0.1, -0.05) is 12.1 Å². The van der Waals surface area contributed by atoms with Crippen LogP contribution in [0.2, 0.25) is 0 Å². The van der Waals surface area contributed by atoms with Gasteiger partial charge in [-0.25, -0.2) is 9.37 Å². The third-order valence-corrected chi connectivity index (χ3v) is 3.10. The first-order valence-corrected chi connectivity index (χ1v) is 6.96. The monoisotopic (exact) mass is 342 g/mol. The number of halogens is 4. The molecule has 24 heavy (non-hydrogen) atoms. The average Bonchev–Trinajstić information content (AvgIpc) is 2.53. The molecule has 0 saturated carbocycles. The Morgan fingerprint density at radius 2 is 1.88 bits per heavy atom. The van der Waals surface area contributed by atoms with E-state index in [9.17, 15) is 22.4 Å². The molecule has 0 radical (unpaired) electrons. The number of carbonyl (C=O) groups excluding carboxylic acids is 1. The molecular formula is C16H14F4N2O2. The molecule has 0 fully saturated rings. The van der Waals surface area contributed by atoms with Crippen molar-refractivity contribution in [3.8, 4) is 5.88 Å². The van der Waals surface area contributed by atoms with Crippen molar-refractivity contribution in [3.63, 3.8) is 0 Å². The lowest BCUT2D eigenvalue weighted by molar-refractivity contribution is -0.154. The first kappa shape index (κ1) is 17.7. The molecule has 0 spiro atoms. The topological polar surface area (TPSA) is 51.2 Å². The maximum Gasteiger partial charge on any atom is 0.422 e. The number of aromatic nitrogens is 1. The van der Waals surface area contributed by atoms with Crippen LogP contribution in [0.25, 0.3) is 0 Å². The quantitative estimate of drug-likeness (QED) is 0.844. The number of ether oxygens (including phenoxy) is 1. The minimum absolute atomic E-state index is 0.170. The molecule has 1 heterocycles. The van der Waals surface area contributed by atoms with Crippen LogP contribution in [0.4, 0.5) is 17.6 Å². The van der Waals surface area contributed by atoms with Gasteiger partial charge in [-0.15, -0.1) is 0 Å². The van der Waals surface area contributed by atoms with Crippen molar-refractivity contribution in [2.45, 2.75) is 19.1 Å². The van der Waals surface area contributed by atoms with Crippen LogP contribution in [0.1, 0.15) is 28.9 Å². The molecule has 0 aliphatic heterocycles. The Kier molecular flexibility index (Phi) is 5.38. The lowest BCUT2D eigenvalue weighted by atomic mass is 10.1. The van der Waals surface area contributed by atoms with Crippen LogP contribution in [-0.2, 0) is 0 Å². The first-order chi connectivity index (χ1) is 11.2. The van der Waals surface area contributed by atoms with Gasteiger partial charge in [0.2, 0.25) is 5.88 Å². The minimum Gasteiger partial charge on any atom is -0.468 e. The molecule has 0 aliphatic carbocycles. The number of pyridine rings is 1. The van der Waals surface area contributed by atoms with Gasteiger partial charge in [-0.05, 0) is 30.7 Å². The number of benzene rings is 1. The molecule has 0 aliphatic rings. The number of amides is 1. The van der Waals surface area contributed by atoms with Crippen molar-refractivity contribution in [2.75, 3.05) is 6.61 Å². The average molecular weight is 342 g/mol. The van der Waals surface area contributed by atoms with Crippen LogP contribution in [0.15, 0.2) is 42.6 Å². The molecule has 0 saturated heterocycles. The van der Waals surface area contributed by atoms with Gasteiger partial charge in [-0.3, -0.25) is 4.79 Å². The predicted octanol–water partition coefficient (Wildman–Crippen LogP) is 3.65. The fraction of sp³-hybridized carbons (Fsp3) is 0.250. The molecule has 128 valence electrons. The molecule has 8 heteroatoms. The second-order valence-electron chi connectivity index (χ2n) is 5.04. The van der Waals surface area contributed by atoms with E-state index in [1.165, 1.54) is 24.3 Å². The molecule has 1 unspecified atom stereocenters. The molecule has 1 aromatic carbocycles. The van der Waals surface area contributed by atoms with Gasteiger partial charge in [0.15, 0.2) is 6.61 Å². The van der Waals surface area contributed by atoms with Gasteiger partial charge in [0.25, 0.3) is 5.91 Å². The van der Waals surface area contributed by atoms with Crippen molar-refractivity contribution in [2.24, 2.45) is 0 Å². The molecule has 1 aromatic heterocycles. The zero-order valence-electron chi connectivity index (χ0n) is 12.6. The second-order valence-corrected chi connectivity index (χ2v) is 5.04. The lowest BCUT2D eigenvalue weighted by Crippen LogP contribution is -2.26. The van der Waals surface area contributed by atoms with E-state index in [0.717, 1.165) is 6.20 Å². The zero-order chi connectivity index (χ0) is 17.7. The van der Waals surface area contributed by atoms with Crippen molar-refractivity contribution in [1.82, 2.24) is 10.3 Å². The number of carbonyl (C=O) groups is 1. The van der Waals surface area contributed by atoms with Crippen molar-refractivity contribution in [1.29, 1.82) is 0 Å². The predicted molar refractivity (Wildman–Crippen MR) is 78.1 cm³/mol. The van der Waals surface area contributed by atoms with Gasteiger partial charge in [0, 0.05) is 12.3 Å². The summed E-state index contributed by atoms with van der Waals surface area (Å²) in [6.45, 7) is 0.270. The number of nitrogens with zero attached hydrogens (tertiary/aromatic N) is 1. The van der Waals surface area contributed by atoms with E-state index in [0.29, 0.717) is 5.56 Å². The molecule has 1 amide bonds. The van der Waals surface area contributed by atoms with E-state index >= 15 is 0 Å². The first-order valence-electron chi connectivity index (χ1n) is 6.96. The molecule has 4 nitrogen and oxygen atoms in total. The van der Waals surface area contributed by atoms with E-state index in [4.69, 9.17) is 0 Å². The van der Waals surface area contributed by atoms with E-state index < -0.39 is 18.7 Å². The van der Waals surface area contributed by atoms with Crippen LogP contribution in [0.5, 0.6) is 5.88 Å². The smallest absolute Gasteiger partial charge is 0.422 e. The Morgan fingerprint density at radius 3 is 2.42 bits per heavy atom. The standard InChI is InChI=1S/C16H14F4N2O2/c1-10(11-2-5-13(17)6-3-11)22-15(23)12-4-7-14(21-8-12)24-9-16(18,19)20/h2-8,10H,9H2,1H3,(H,22,23). The summed E-state index contributed by atoms with van der Waals surface area (Å²) in [4.78, 5) is 15.7. The highest BCUT2D eigenvalue weighted by Crippen LogP contribution is 2.18. The summed E-state index contributed by atoms with van der Waals surface area (Å²) in [6, 6.07) is 7.78. The Morgan fingerprint density at radius 1 is 1.21 bits per heavy atom. The fourth-order valence-electron chi connectivity index (χ4n) is 1.87. The van der Waals surface area contributed by atoms with Crippen LogP contribution in [-0.4, -0.2) is 23.7 Å². The van der Waals surface area contributed by atoms with Crippen LogP contribution < -0.4 is 10.1 Å². The SMILES string of the molecule is CC(NC(=O)c1ccc(OCC(F)(F)F)nc1)c1ccc(F)cc1. The fourth-order valence-corrected chi connectivity index (χ4v) is 1.87. The van der Waals surface area contributed by atoms with Gasteiger partial charge in [0.05, 0.1) is 11.6 Å². The van der Waals surface area contributed by atoms with Crippen LogP contribution in [0, 0.1) is 5.82 Å². The molecule has 1 N–H and O–H groups in total. The summed E-state index contributed by atoms with van der Waals surface area (Å²) in [7, 11) is 0. The van der Waals surface area contributed by atoms with Crippen LogP contribution >= 0.6 is 0 Å². The van der Waals surface area contributed by atoms with E-state index in [1.807, 2.05) is 0 Å². The van der Waals surface area contributed by atoms with Gasteiger partial charge in [-0.2, -0.15) is 13.2 Å². The highest BCUT2D eigenvalue weighted by atomic mass is 19.4. The largest absolute Gasteiger partial charge is 0.468 e. The number of alkyl halides is 3. The zero-order valence-corrected chi connectivity index (χ0v) is 12.6. The normalized spacial score (nSPS) is 12.5. The van der Waals surface area contributed by atoms with Gasteiger partial charge in [0.1, 0.15) is 5.82 Å². The Bertz CT molecular complexity index is 685. The summed E-state index contributed by atoms with van der Waals surface area (Å²) in [6.07, 6.45) is -3.33. The van der Waals surface area contributed by atoms with Gasteiger partial charge < -0.3 is 10.1 Å². The number of hydrogen-bond donors (Lipinski definition) is 1. The highest BCUT2D eigenvalue weighted by Gasteiger charge is 2.28. The number of hydrogen-bond acceptors (Lipinski definition) is 3. The van der Waals surface area contributed by atoms with E-state index in [2.05, 4.69) is 15.0 Å². The molecule has 0 bridgehead atoms. The Labute approximate surface area is 135 Å². The summed E-state index contributed by atoms with van der Waals surface area (Å²) < 4.78 is 53.5. The number of nitrogens with one attached hydrogen (secondary N) is 1. The Hall–Kier alpha value is -2.64. The second kappa shape index (κ2) is 7.29. The van der Waals surface area contributed by atoms with Gasteiger partial charge >= 0.3 is 6.18 Å². The molecular weight excluding hydrogens is 328 g/mol.